The summed E-state index contributed by atoms with van der Waals surface area (Å²) in [6, 6.07) is 55.5. The second-order valence-corrected chi connectivity index (χ2v) is 11.8. The van der Waals surface area contributed by atoms with Gasteiger partial charge in [-0.1, -0.05) is 135 Å². The predicted octanol–water partition coefficient (Wildman–Crippen LogP) is 11.4. The molecule has 0 amide bonds. The van der Waals surface area contributed by atoms with E-state index in [2.05, 4.69) is 170 Å². The van der Waals surface area contributed by atoms with Crippen molar-refractivity contribution in [1.29, 1.82) is 0 Å². The van der Waals surface area contributed by atoms with Gasteiger partial charge in [0.15, 0.2) is 0 Å². The Morgan fingerprint density at radius 2 is 1.02 bits per heavy atom. The van der Waals surface area contributed by atoms with Gasteiger partial charge < -0.3 is 4.90 Å². The number of nitrogens with zero attached hydrogens (tertiary/aromatic N) is 1. The van der Waals surface area contributed by atoms with Crippen molar-refractivity contribution in [2.24, 2.45) is 0 Å². The number of anilines is 3. The van der Waals surface area contributed by atoms with Gasteiger partial charge in [0.25, 0.3) is 0 Å². The minimum absolute atomic E-state index is 0.0723. The Labute approximate surface area is 247 Å². The van der Waals surface area contributed by atoms with Gasteiger partial charge in [-0.3, -0.25) is 0 Å². The standard InChI is InChI=1S/C41H31N/c1-41(2)38-22-8-7-20-36(38)37-25-24-32(27-39(37)41)42(40-23-11-15-29-13-4-6-19-35(29)40)31-17-9-16-30(26-31)34-21-10-14-28-12-3-5-18-33(28)34/h3-27H,1-2H3. The van der Waals surface area contributed by atoms with Crippen LogP contribution < -0.4 is 4.90 Å². The number of benzene rings is 7. The molecule has 42 heavy (non-hydrogen) atoms. The summed E-state index contributed by atoms with van der Waals surface area (Å²) >= 11 is 0. The van der Waals surface area contributed by atoms with E-state index in [4.69, 9.17) is 0 Å². The minimum Gasteiger partial charge on any atom is -0.310 e. The van der Waals surface area contributed by atoms with E-state index in [1.54, 1.807) is 0 Å². The highest BCUT2D eigenvalue weighted by Crippen LogP contribution is 2.51. The molecule has 1 nitrogen and oxygen atoms in total. The summed E-state index contributed by atoms with van der Waals surface area (Å²) in [5.41, 5.74) is 11.3. The predicted molar refractivity (Wildman–Crippen MR) is 179 cm³/mol. The molecule has 0 heterocycles. The lowest BCUT2D eigenvalue weighted by Gasteiger charge is -2.29. The van der Waals surface area contributed by atoms with Crippen LogP contribution >= 0.6 is 0 Å². The Morgan fingerprint density at radius 1 is 0.429 bits per heavy atom. The van der Waals surface area contributed by atoms with Gasteiger partial charge in [-0.25, -0.2) is 0 Å². The molecular formula is C41H31N. The molecule has 0 saturated heterocycles. The molecule has 0 aliphatic heterocycles. The molecular weight excluding hydrogens is 506 g/mol. The number of rotatable bonds is 4. The van der Waals surface area contributed by atoms with E-state index in [1.165, 1.54) is 66.3 Å². The maximum atomic E-state index is 2.44. The first-order valence-electron chi connectivity index (χ1n) is 14.7. The topological polar surface area (TPSA) is 3.24 Å². The van der Waals surface area contributed by atoms with Crippen LogP contribution in [0.5, 0.6) is 0 Å². The highest BCUT2D eigenvalue weighted by atomic mass is 15.1. The third-order valence-electron chi connectivity index (χ3n) is 9.04. The van der Waals surface area contributed by atoms with E-state index < -0.39 is 0 Å². The summed E-state index contributed by atoms with van der Waals surface area (Å²) in [6.45, 7) is 4.70. The van der Waals surface area contributed by atoms with Crippen LogP contribution in [0.25, 0.3) is 43.8 Å². The van der Waals surface area contributed by atoms with E-state index in [0.717, 1.165) is 5.69 Å². The highest BCUT2D eigenvalue weighted by Gasteiger charge is 2.35. The van der Waals surface area contributed by atoms with E-state index in [1.807, 2.05) is 0 Å². The monoisotopic (exact) mass is 537 g/mol. The average Bonchev–Trinajstić information content (AvgIpc) is 3.27. The fourth-order valence-corrected chi connectivity index (χ4v) is 6.95. The molecule has 0 fully saturated rings. The van der Waals surface area contributed by atoms with Crippen LogP contribution in [-0.4, -0.2) is 0 Å². The number of fused-ring (bicyclic) bond motifs is 5. The first-order valence-corrected chi connectivity index (χ1v) is 14.7. The Hall–Kier alpha value is -5.14. The normalized spacial score (nSPS) is 13.2. The maximum absolute atomic E-state index is 2.44. The lowest BCUT2D eigenvalue weighted by Crippen LogP contribution is -2.16. The zero-order valence-electron chi connectivity index (χ0n) is 23.9. The molecule has 0 N–H and O–H groups in total. The fourth-order valence-electron chi connectivity index (χ4n) is 6.95. The van der Waals surface area contributed by atoms with Crippen molar-refractivity contribution in [2.45, 2.75) is 19.3 Å². The number of hydrogen-bond acceptors (Lipinski definition) is 1. The van der Waals surface area contributed by atoms with E-state index >= 15 is 0 Å². The second-order valence-electron chi connectivity index (χ2n) is 11.8. The van der Waals surface area contributed by atoms with Crippen LogP contribution in [0.4, 0.5) is 17.1 Å². The molecule has 1 aliphatic carbocycles. The molecule has 0 radical (unpaired) electrons. The lowest BCUT2D eigenvalue weighted by molar-refractivity contribution is 0.660. The first kappa shape index (κ1) is 24.6. The van der Waals surface area contributed by atoms with Crippen molar-refractivity contribution in [3.05, 3.63) is 163 Å². The summed E-state index contributed by atoms with van der Waals surface area (Å²) in [7, 11) is 0. The molecule has 0 atom stereocenters. The summed E-state index contributed by atoms with van der Waals surface area (Å²) < 4.78 is 0. The van der Waals surface area contributed by atoms with Gasteiger partial charge in [0.2, 0.25) is 0 Å². The van der Waals surface area contributed by atoms with Crippen molar-refractivity contribution in [1.82, 2.24) is 0 Å². The Balaban J connectivity index is 1.36. The third kappa shape index (κ3) is 3.78. The minimum atomic E-state index is -0.0723. The smallest absolute Gasteiger partial charge is 0.0540 e. The second kappa shape index (κ2) is 9.46. The van der Waals surface area contributed by atoms with Crippen molar-refractivity contribution in [2.75, 3.05) is 4.90 Å². The van der Waals surface area contributed by atoms with Crippen LogP contribution in [0.1, 0.15) is 25.0 Å². The molecule has 0 aromatic heterocycles. The van der Waals surface area contributed by atoms with Gasteiger partial charge in [-0.15, -0.1) is 0 Å². The SMILES string of the molecule is CC1(C)c2ccccc2-c2ccc(N(c3cccc(-c4cccc5ccccc45)c3)c3cccc4ccccc34)cc21. The molecule has 0 saturated carbocycles. The zero-order chi connectivity index (χ0) is 28.3. The number of hydrogen-bond donors (Lipinski definition) is 0. The van der Waals surface area contributed by atoms with Crippen molar-refractivity contribution in [3.8, 4) is 22.3 Å². The molecule has 200 valence electrons. The van der Waals surface area contributed by atoms with E-state index in [0.29, 0.717) is 0 Å². The quantitative estimate of drug-likeness (QED) is 0.216. The third-order valence-corrected chi connectivity index (χ3v) is 9.04. The van der Waals surface area contributed by atoms with Gasteiger partial charge in [-0.05, 0) is 79.9 Å². The van der Waals surface area contributed by atoms with E-state index in [9.17, 15) is 0 Å². The molecule has 0 bridgehead atoms. The fraction of sp³-hybridized carbons (Fsp3) is 0.0732. The van der Waals surface area contributed by atoms with Crippen molar-refractivity contribution in [3.63, 3.8) is 0 Å². The molecule has 1 aliphatic rings. The molecule has 1 heteroatoms. The summed E-state index contributed by atoms with van der Waals surface area (Å²) in [5.74, 6) is 0. The summed E-state index contributed by atoms with van der Waals surface area (Å²) in [5, 5.41) is 5.00. The largest absolute Gasteiger partial charge is 0.310 e. The van der Waals surface area contributed by atoms with Gasteiger partial charge in [-0.2, -0.15) is 0 Å². The zero-order valence-corrected chi connectivity index (χ0v) is 23.9. The van der Waals surface area contributed by atoms with E-state index in [-0.39, 0.29) is 5.41 Å². The van der Waals surface area contributed by atoms with Crippen molar-refractivity contribution >= 4 is 38.6 Å². The molecule has 0 spiro atoms. The van der Waals surface area contributed by atoms with Crippen LogP contribution in [0, 0.1) is 0 Å². The van der Waals surface area contributed by atoms with Crippen LogP contribution in [0.3, 0.4) is 0 Å². The molecule has 0 unspecified atom stereocenters. The molecule has 7 aromatic rings. The lowest BCUT2D eigenvalue weighted by atomic mass is 9.82. The summed E-state index contributed by atoms with van der Waals surface area (Å²) in [4.78, 5) is 2.44. The van der Waals surface area contributed by atoms with Gasteiger partial charge in [0, 0.05) is 22.2 Å². The Bertz CT molecular complexity index is 2120. The van der Waals surface area contributed by atoms with Crippen LogP contribution in [-0.2, 0) is 5.41 Å². The Morgan fingerprint density at radius 3 is 1.88 bits per heavy atom. The summed E-state index contributed by atoms with van der Waals surface area (Å²) in [6.07, 6.45) is 0. The first-order chi connectivity index (χ1) is 20.6. The molecule has 8 rings (SSSR count). The maximum Gasteiger partial charge on any atom is 0.0540 e. The van der Waals surface area contributed by atoms with Gasteiger partial charge in [0.05, 0.1) is 5.69 Å². The van der Waals surface area contributed by atoms with Gasteiger partial charge in [0.1, 0.15) is 0 Å². The average molecular weight is 538 g/mol. The van der Waals surface area contributed by atoms with Crippen LogP contribution in [0.15, 0.2) is 152 Å². The van der Waals surface area contributed by atoms with Crippen LogP contribution in [0.2, 0.25) is 0 Å². The highest BCUT2D eigenvalue weighted by molar-refractivity contribution is 6.01. The molecule has 7 aromatic carbocycles. The Kier molecular flexibility index (Phi) is 5.55. The van der Waals surface area contributed by atoms with Crippen molar-refractivity contribution < 1.29 is 0 Å². The van der Waals surface area contributed by atoms with Gasteiger partial charge >= 0.3 is 0 Å².